The minimum atomic E-state index is -0.272. The van der Waals surface area contributed by atoms with E-state index >= 15 is 0 Å². The van der Waals surface area contributed by atoms with E-state index in [1.165, 1.54) is 23.3 Å². The summed E-state index contributed by atoms with van der Waals surface area (Å²) in [5, 5.41) is 3.13. The lowest BCUT2D eigenvalue weighted by molar-refractivity contribution is 0.413. The summed E-state index contributed by atoms with van der Waals surface area (Å²) in [6.07, 6.45) is 2.69. The molecule has 4 rings (SSSR count). The molecule has 0 spiro atoms. The average Bonchev–Trinajstić information content (AvgIpc) is 2.70. The number of benzene rings is 2. The number of anilines is 3. The number of hydrogen-bond donors (Lipinski definition) is 1. The molecule has 0 aliphatic carbocycles. The zero-order chi connectivity index (χ0) is 18.8. The summed E-state index contributed by atoms with van der Waals surface area (Å²) in [6, 6.07) is 14.5. The van der Waals surface area contributed by atoms with Crippen LogP contribution in [0.3, 0.4) is 0 Å². The van der Waals surface area contributed by atoms with Crippen molar-refractivity contribution in [3.63, 3.8) is 0 Å². The fourth-order valence-corrected chi connectivity index (χ4v) is 3.46. The molecule has 1 aromatic heterocycles. The lowest BCUT2D eigenvalue weighted by Gasteiger charge is -2.36. The van der Waals surface area contributed by atoms with Gasteiger partial charge < -0.3 is 15.0 Å². The van der Waals surface area contributed by atoms with E-state index in [4.69, 9.17) is 4.74 Å². The van der Waals surface area contributed by atoms with E-state index in [0.29, 0.717) is 5.95 Å². The van der Waals surface area contributed by atoms with Gasteiger partial charge in [-0.3, -0.25) is 0 Å². The number of aromatic nitrogens is 2. The van der Waals surface area contributed by atoms with E-state index in [1.54, 1.807) is 25.4 Å². The molecule has 1 aliphatic rings. The van der Waals surface area contributed by atoms with Gasteiger partial charge in [0.1, 0.15) is 17.4 Å². The van der Waals surface area contributed by atoms with Crippen LogP contribution >= 0.6 is 12.4 Å². The number of nitrogens with zero attached hydrogens (tertiary/aromatic N) is 3. The van der Waals surface area contributed by atoms with E-state index in [1.807, 2.05) is 12.1 Å². The minimum absolute atomic E-state index is 0. The summed E-state index contributed by atoms with van der Waals surface area (Å²) in [5.41, 5.74) is 3.35. The van der Waals surface area contributed by atoms with Crippen molar-refractivity contribution in [2.45, 2.75) is 19.4 Å². The molecule has 7 heteroatoms. The van der Waals surface area contributed by atoms with Crippen molar-refractivity contribution in [3.05, 3.63) is 71.7 Å². The second-order valence-corrected chi connectivity index (χ2v) is 6.55. The maximum Gasteiger partial charge on any atom is 0.229 e. The Labute approximate surface area is 170 Å². The first-order valence-electron chi connectivity index (χ1n) is 8.93. The van der Waals surface area contributed by atoms with Gasteiger partial charge in [0.05, 0.1) is 13.2 Å². The zero-order valence-corrected chi connectivity index (χ0v) is 16.5. The van der Waals surface area contributed by atoms with Crippen LogP contribution in [0.5, 0.6) is 5.75 Å². The summed E-state index contributed by atoms with van der Waals surface area (Å²) in [4.78, 5) is 11.2. The van der Waals surface area contributed by atoms with Crippen LogP contribution in [0.1, 0.15) is 24.1 Å². The van der Waals surface area contributed by atoms with E-state index in [2.05, 4.69) is 39.2 Å². The molecule has 0 bridgehead atoms. The fraction of sp³-hybridized carbons (Fsp3) is 0.238. The Balaban J connectivity index is 0.00000225. The second kappa shape index (κ2) is 8.44. The van der Waals surface area contributed by atoms with Gasteiger partial charge in [-0.1, -0.05) is 6.07 Å². The molecule has 2 heterocycles. The third-order valence-corrected chi connectivity index (χ3v) is 4.93. The Morgan fingerprint density at radius 1 is 1.14 bits per heavy atom. The highest BCUT2D eigenvalue weighted by Gasteiger charge is 2.25. The maximum absolute atomic E-state index is 13.1. The van der Waals surface area contributed by atoms with Crippen molar-refractivity contribution in [1.29, 1.82) is 0 Å². The van der Waals surface area contributed by atoms with Crippen LogP contribution in [0.2, 0.25) is 0 Å². The normalized spacial score (nSPS) is 15.4. The fourth-order valence-electron chi connectivity index (χ4n) is 3.46. The maximum atomic E-state index is 13.1. The highest BCUT2D eigenvalue weighted by molar-refractivity contribution is 5.85. The summed E-state index contributed by atoms with van der Waals surface area (Å²) in [7, 11) is 1.69. The Kier molecular flexibility index (Phi) is 5.99. The van der Waals surface area contributed by atoms with E-state index < -0.39 is 0 Å². The van der Waals surface area contributed by atoms with E-state index in [-0.39, 0.29) is 24.3 Å². The molecule has 0 radical (unpaired) electrons. The molecule has 0 saturated heterocycles. The lowest BCUT2D eigenvalue weighted by atomic mass is 9.93. The molecule has 0 saturated carbocycles. The van der Waals surface area contributed by atoms with Gasteiger partial charge in [-0.15, -0.1) is 12.4 Å². The van der Waals surface area contributed by atoms with Crippen molar-refractivity contribution in [2.75, 3.05) is 23.9 Å². The van der Waals surface area contributed by atoms with Crippen LogP contribution in [0.15, 0.2) is 54.7 Å². The number of fused-ring (bicyclic) bond motifs is 1. The lowest BCUT2D eigenvalue weighted by Crippen LogP contribution is -2.34. The molecule has 0 fully saturated rings. The molecular formula is C21H22ClFN4O. The summed E-state index contributed by atoms with van der Waals surface area (Å²) in [5.74, 6) is 1.94. The largest absolute Gasteiger partial charge is 0.497 e. The molecular weight excluding hydrogens is 379 g/mol. The topological polar surface area (TPSA) is 50.3 Å². The van der Waals surface area contributed by atoms with Crippen LogP contribution in [0.25, 0.3) is 0 Å². The highest BCUT2D eigenvalue weighted by atomic mass is 35.5. The standard InChI is InChI=1S/C21H21FN4O.ClH/c1-14-19-13-18(27-2)8-3-15(19)10-12-26(14)20-9-11-23-21(25-20)24-17-6-4-16(22)5-7-17;/h3-9,11,13-14H,10,12H2,1-2H3,(H,23,24,25);1H. The van der Waals surface area contributed by atoms with E-state index in [0.717, 1.165) is 30.2 Å². The first-order valence-corrected chi connectivity index (χ1v) is 8.93. The molecule has 3 aromatic rings. The molecule has 2 aromatic carbocycles. The van der Waals surface area contributed by atoms with Gasteiger partial charge in [-0.05, 0) is 66.9 Å². The number of methoxy groups -OCH3 is 1. The predicted octanol–water partition coefficient (Wildman–Crippen LogP) is 4.91. The molecule has 146 valence electrons. The van der Waals surface area contributed by atoms with Gasteiger partial charge in [-0.25, -0.2) is 9.37 Å². The second-order valence-electron chi connectivity index (χ2n) is 6.55. The van der Waals surface area contributed by atoms with Gasteiger partial charge in [0.15, 0.2) is 0 Å². The van der Waals surface area contributed by atoms with Crippen LogP contribution < -0.4 is 15.0 Å². The third-order valence-electron chi connectivity index (χ3n) is 4.93. The number of ether oxygens (including phenoxy) is 1. The molecule has 1 aliphatic heterocycles. The van der Waals surface area contributed by atoms with Crippen molar-refractivity contribution in [3.8, 4) is 5.75 Å². The summed E-state index contributed by atoms with van der Waals surface area (Å²) >= 11 is 0. The summed E-state index contributed by atoms with van der Waals surface area (Å²) < 4.78 is 18.5. The Bertz CT molecular complexity index is 951. The monoisotopic (exact) mass is 400 g/mol. The quantitative estimate of drug-likeness (QED) is 0.674. The Morgan fingerprint density at radius 3 is 2.68 bits per heavy atom. The third kappa shape index (κ3) is 4.02. The number of rotatable bonds is 4. The minimum Gasteiger partial charge on any atom is -0.497 e. The van der Waals surface area contributed by atoms with Crippen molar-refractivity contribution < 1.29 is 9.13 Å². The van der Waals surface area contributed by atoms with E-state index in [9.17, 15) is 4.39 Å². The van der Waals surface area contributed by atoms with Crippen LogP contribution in [0.4, 0.5) is 21.8 Å². The smallest absolute Gasteiger partial charge is 0.229 e. The zero-order valence-electron chi connectivity index (χ0n) is 15.7. The number of halogens is 2. The first-order chi connectivity index (χ1) is 13.1. The average molecular weight is 401 g/mol. The number of hydrogen-bond acceptors (Lipinski definition) is 5. The van der Waals surface area contributed by atoms with Crippen molar-refractivity contribution in [1.82, 2.24) is 9.97 Å². The molecule has 28 heavy (non-hydrogen) atoms. The molecule has 1 unspecified atom stereocenters. The van der Waals surface area contributed by atoms with Crippen LogP contribution in [0, 0.1) is 5.82 Å². The van der Waals surface area contributed by atoms with Gasteiger partial charge in [-0.2, -0.15) is 4.98 Å². The van der Waals surface area contributed by atoms with Crippen molar-refractivity contribution in [2.24, 2.45) is 0 Å². The van der Waals surface area contributed by atoms with Crippen LogP contribution in [-0.2, 0) is 6.42 Å². The van der Waals surface area contributed by atoms with Crippen LogP contribution in [-0.4, -0.2) is 23.6 Å². The Hall–Kier alpha value is -2.86. The molecule has 5 nitrogen and oxygen atoms in total. The first kappa shape index (κ1) is 19.9. The molecule has 0 amide bonds. The SMILES string of the molecule is COc1ccc2c(c1)C(C)N(c1ccnc(Nc3ccc(F)cc3)n1)CC2.Cl. The molecule has 1 atom stereocenters. The summed E-state index contributed by atoms with van der Waals surface area (Å²) in [6.45, 7) is 3.06. The van der Waals surface area contributed by atoms with Gasteiger partial charge in [0, 0.05) is 18.4 Å². The van der Waals surface area contributed by atoms with Gasteiger partial charge in [0.25, 0.3) is 0 Å². The van der Waals surface area contributed by atoms with Gasteiger partial charge >= 0.3 is 0 Å². The number of nitrogens with one attached hydrogen (secondary N) is 1. The highest BCUT2D eigenvalue weighted by Crippen LogP contribution is 2.34. The van der Waals surface area contributed by atoms with Gasteiger partial charge in [0.2, 0.25) is 5.95 Å². The van der Waals surface area contributed by atoms with Crippen molar-refractivity contribution >= 4 is 29.9 Å². The predicted molar refractivity (Wildman–Crippen MR) is 111 cm³/mol. The molecule has 1 N–H and O–H groups in total. The Morgan fingerprint density at radius 2 is 1.93 bits per heavy atom.